The van der Waals surface area contributed by atoms with Gasteiger partial charge >= 0.3 is 0 Å². The first-order valence-electron chi connectivity index (χ1n) is 6.86. The topological polar surface area (TPSA) is 66.4 Å². The van der Waals surface area contributed by atoms with Crippen LogP contribution in [0.3, 0.4) is 0 Å². The number of hydrogen-bond acceptors (Lipinski definition) is 6. The van der Waals surface area contributed by atoms with Crippen LogP contribution in [0.25, 0.3) is 0 Å². The van der Waals surface area contributed by atoms with Crippen LogP contribution in [0.15, 0.2) is 0 Å². The van der Waals surface area contributed by atoms with Crippen LogP contribution < -0.4 is 0 Å². The molecule has 1 aliphatic heterocycles. The van der Waals surface area contributed by atoms with Crippen LogP contribution in [0.4, 0.5) is 0 Å². The average molecular weight is 239 g/mol. The third kappa shape index (κ3) is 2.71. The Balaban J connectivity index is 2.76. The molecule has 5 atom stereocenters. The van der Waals surface area contributed by atoms with Crippen LogP contribution in [0.5, 0.6) is 0 Å². The first-order chi connectivity index (χ1) is 9.19. The van der Waals surface area contributed by atoms with Crippen molar-refractivity contribution >= 4 is 0 Å². The van der Waals surface area contributed by atoms with Gasteiger partial charge in [0.25, 0.3) is 0 Å². The molecule has 0 spiro atoms. The summed E-state index contributed by atoms with van der Waals surface area (Å²) in [6.45, 7) is 0.0404. The van der Waals surface area contributed by atoms with Gasteiger partial charge in [-0.2, -0.15) is 0 Å². The average Bonchev–Trinajstić information content (AvgIpc) is 2.42. The van der Waals surface area contributed by atoms with Crippen molar-refractivity contribution in [2.75, 3.05) is 35.0 Å². The van der Waals surface area contributed by atoms with Crippen LogP contribution in [0, 0.1) is 0 Å². The van der Waals surface area contributed by atoms with Crippen LogP contribution in [-0.4, -0.2) is 70.8 Å². The van der Waals surface area contributed by atoms with Crippen LogP contribution in [0.2, 0.25) is 0 Å². The fourth-order valence-electron chi connectivity index (χ4n) is 1.72. The Morgan fingerprint density at radius 1 is 1.19 bits per heavy atom. The van der Waals surface area contributed by atoms with Crippen molar-refractivity contribution in [3.8, 4) is 0 Å². The molecular weight excluding hydrogens is 216 g/mol. The van der Waals surface area contributed by atoms with Crippen molar-refractivity contribution in [3.63, 3.8) is 0 Å². The van der Waals surface area contributed by atoms with Gasteiger partial charge in [0.2, 0.25) is 0 Å². The molecule has 0 bridgehead atoms. The number of methoxy groups -OCH3 is 4. The normalized spacial score (nSPS) is 42.4. The predicted octanol–water partition coefficient (Wildman–Crippen LogP) is -0.605. The lowest BCUT2D eigenvalue weighted by Gasteiger charge is -2.42. The molecule has 1 unspecified atom stereocenters. The van der Waals surface area contributed by atoms with Crippen molar-refractivity contribution in [2.24, 2.45) is 0 Å². The van der Waals surface area contributed by atoms with Gasteiger partial charge < -0.3 is 28.8 Å². The van der Waals surface area contributed by atoms with Gasteiger partial charge in [0.15, 0.2) is 6.29 Å². The fraction of sp³-hybridized carbons (Fsp3) is 1.00. The summed E-state index contributed by atoms with van der Waals surface area (Å²) in [5.74, 6) is 0. The molecule has 0 saturated carbocycles. The summed E-state index contributed by atoms with van der Waals surface area (Å²) in [7, 11) is 0.444. The molecule has 0 aromatic carbocycles. The maximum absolute atomic E-state index is 10.2. The summed E-state index contributed by atoms with van der Waals surface area (Å²) in [4.78, 5) is 0. The second-order valence-corrected chi connectivity index (χ2v) is 3.40. The molecule has 1 rings (SSSR count). The van der Waals surface area contributed by atoms with Crippen molar-refractivity contribution in [2.45, 2.75) is 30.7 Å². The highest BCUT2D eigenvalue weighted by molar-refractivity contribution is 4.90. The molecule has 6 nitrogen and oxygen atoms in total. The zero-order chi connectivity index (χ0) is 14.3. The molecule has 96 valence electrons. The van der Waals surface area contributed by atoms with E-state index in [-0.39, 0.29) is 27.9 Å². The quantitative estimate of drug-likeness (QED) is 0.691. The number of ether oxygens (including phenoxy) is 5. The summed E-state index contributed by atoms with van der Waals surface area (Å²) in [5, 5.41) is 10.2. The molecule has 1 fully saturated rings. The molecule has 6 heteroatoms. The highest BCUT2D eigenvalue weighted by Gasteiger charge is 2.46. The Hall–Kier alpha value is -0.240. The van der Waals surface area contributed by atoms with Crippen molar-refractivity contribution < 1.29 is 32.9 Å². The minimum absolute atomic E-state index is 0.0404. The van der Waals surface area contributed by atoms with Gasteiger partial charge in [-0.3, -0.25) is 0 Å². The molecule has 1 heterocycles. The third-order valence-corrected chi connectivity index (χ3v) is 2.52. The standard InChI is InChI=1S/C10H20O6/c1-12-5-6-8(13-2)7(11)9(14-3)10(15-4)16-6/h6-11H,5H2,1-4H3/t6-,7+,8-,9-,10?/m1/s1/i1D,2D,3D. The number of hydrogen-bond donors (Lipinski definition) is 1. The van der Waals surface area contributed by atoms with Gasteiger partial charge in [-0.1, -0.05) is 0 Å². The van der Waals surface area contributed by atoms with Gasteiger partial charge in [-0.15, -0.1) is 0 Å². The van der Waals surface area contributed by atoms with Crippen LogP contribution >= 0.6 is 0 Å². The number of rotatable bonds is 5. The SMILES string of the molecule is [2H]COC[C@H]1OC(OC)[C@H](OC[2H])[C@@H](O)[C@@H]1OC[2H]. The first kappa shape index (κ1) is 9.76. The molecule has 0 amide bonds. The minimum atomic E-state index is -1.10. The van der Waals surface area contributed by atoms with Gasteiger partial charge in [-0.25, -0.2) is 0 Å². The molecule has 0 radical (unpaired) electrons. The highest BCUT2D eigenvalue weighted by atomic mass is 16.7. The molecule has 0 aromatic rings. The van der Waals surface area contributed by atoms with Gasteiger partial charge in [0, 0.05) is 28.4 Å². The predicted molar refractivity (Wildman–Crippen MR) is 55.1 cm³/mol. The molecule has 1 N–H and O–H groups in total. The van der Waals surface area contributed by atoms with E-state index in [9.17, 15) is 5.11 Å². The molecular formula is C10H20O6. The lowest BCUT2D eigenvalue weighted by atomic mass is 9.99. The van der Waals surface area contributed by atoms with Gasteiger partial charge in [-0.05, 0) is 0 Å². The van der Waals surface area contributed by atoms with E-state index in [4.69, 9.17) is 27.8 Å². The number of aliphatic hydroxyl groups is 1. The van der Waals surface area contributed by atoms with E-state index in [1.807, 2.05) is 0 Å². The van der Waals surface area contributed by atoms with Crippen LogP contribution in [0.1, 0.15) is 4.11 Å². The van der Waals surface area contributed by atoms with E-state index in [0.717, 1.165) is 0 Å². The summed E-state index contributed by atoms with van der Waals surface area (Å²) >= 11 is 0. The van der Waals surface area contributed by atoms with Crippen molar-refractivity contribution in [3.05, 3.63) is 0 Å². The maximum atomic E-state index is 10.2. The van der Waals surface area contributed by atoms with E-state index in [2.05, 4.69) is 0 Å². The second kappa shape index (κ2) is 6.48. The lowest BCUT2D eigenvalue weighted by Crippen LogP contribution is -2.60. The maximum Gasteiger partial charge on any atom is 0.186 e. The monoisotopic (exact) mass is 239 g/mol. The fourth-order valence-corrected chi connectivity index (χ4v) is 1.72. The Labute approximate surface area is 99.6 Å². The lowest BCUT2D eigenvalue weighted by molar-refractivity contribution is -0.303. The van der Waals surface area contributed by atoms with Crippen molar-refractivity contribution in [1.82, 2.24) is 0 Å². The Kier molecular flexibility index (Phi) is 3.95. The Bertz CT molecular complexity index is 245. The van der Waals surface area contributed by atoms with Gasteiger partial charge in [0.1, 0.15) is 24.4 Å². The first-order valence-corrected chi connectivity index (χ1v) is 4.74. The van der Waals surface area contributed by atoms with Crippen molar-refractivity contribution in [1.29, 1.82) is 0 Å². The van der Waals surface area contributed by atoms with Crippen LogP contribution in [-0.2, 0) is 23.7 Å². The second-order valence-electron chi connectivity index (χ2n) is 3.40. The zero-order valence-corrected chi connectivity index (χ0v) is 9.20. The smallest absolute Gasteiger partial charge is 0.186 e. The Morgan fingerprint density at radius 3 is 2.56 bits per heavy atom. The summed E-state index contributed by atoms with van der Waals surface area (Å²) in [6, 6.07) is 0. The third-order valence-electron chi connectivity index (χ3n) is 2.52. The van der Waals surface area contributed by atoms with Gasteiger partial charge in [0.05, 0.1) is 10.7 Å². The zero-order valence-electron chi connectivity index (χ0n) is 12.2. The van der Waals surface area contributed by atoms with E-state index in [1.54, 1.807) is 0 Å². The van der Waals surface area contributed by atoms with E-state index in [1.165, 1.54) is 7.11 Å². The largest absolute Gasteiger partial charge is 0.387 e. The summed E-state index contributed by atoms with van der Waals surface area (Å²) in [5.41, 5.74) is 0. The van der Waals surface area contributed by atoms with E-state index < -0.39 is 30.7 Å². The molecule has 1 saturated heterocycles. The molecule has 0 aliphatic carbocycles. The molecule has 1 aliphatic rings. The highest BCUT2D eigenvalue weighted by Crippen LogP contribution is 2.25. The molecule has 0 aromatic heterocycles. The number of aliphatic hydroxyl groups excluding tert-OH is 1. The summed E-state index contributed by atoms with van der Waals surface area (Å²) in [6.07, 6.45) is -4.32. The summed E-state index contributed by atoms with van der Waals surface area (Å²) < 4.78 is 46.8. The van der Waals surface area contributed by atoms with E-state index in [0.29, 0.717) is 0 Å². The minimum Gasteiger partial charge on any atom is -0.387 e. The molecule has 16 heavy (non-hydrogen) atoms. The Morgan fingerprint density at radius 2 is 1.94 bits per heavy atom. The van der Waals surface area contributed by atoms with E-state index >= 15 is 0 Å².